The minimum atomic E-state index is -4.15. The van der Waals surface area contributed by atoms with Crippen LogP contribution in [0.5, 0.6) is 0 Å². The fraction of sp³-hybridized carbons (Fsp3) is 0.133. The van der Waals surface area contributed by atoms with Crippen molar-refractivity contribution in [1.29, 1.82) is 0 Å². The van der Waals surface area contributed by atoms with Crippen molar-refractivity contribution in [1.82, 2.24) is 4.31 Å². The zero-order valence-electron chi connectivity index (χ0n) is 12.4. The Kier molecular flexibility index (Phi) is 5.64. The number of hydrogen-bond acceptors (Lipinski definition) is 3. The van der Waals surface area contributed by atoms with E-state index < -0.39 is 27.8 Å². The Morgan fingerprint density at radius 2 is 1.96 bits per heavy atom. The van der Waals surface area contributed by atoms with Gasteiger partial charge in [-0.2, -0.15) is 4.31 Å². The molecule has 5 nitrogen and oxygen atoms in total. The number of amides is 1. The van der Waals surface area contributed by atoms with Crippen LogP contribution < -0.4 is 5.73 Å². The van der Waals surface area contributed by atoms with Gasteiger partial charge in [-0.15, -0.1) is 0 Å². The largest absolute Gasteiger partial charge is 0.368 e. The summed E-state index contributed by atoms with van der Waals surface area (Å²) in [5, 5.41) is -0.00693. The minimum Gasteiger partial charge on any atom is -0.368 e. The summed E-state index contributed by atoms with van der Waals surface area (Å²) in [5.74, 6) is -1.54. The standard InChI is InChI=1S/C15H13BrClFN2O3S/c1-20(14(15(19)21)9-3-2-4-11(18)7-9)24(22,23)13-8-10(16)5-6-12(13)17/h2-8,14H,1H3,(H2,19,21). The molecule has 0 spiro atoms. The molecule has 0 fully saturated rings. The first-order chi connectivity index (χ1) is 11.1. The number of rotatable bonds is 5. The quantitative estimate of drug-likeness (QED) is 0.784. The predicted molar refractivity (Wildman–Crippen MR) is 92.4 cm³/mol. The molecule has 0 aliphatic heterocycles. The maximum atomic E-state index is 13.4. The average molecular weight is 436 g/mol. The van der Waals surface area contributed by atoms with Crippen molar-refractivity contribution >= 4 is 43.5 Å². The van der Waals surface area contributed by atoms with Crippen LogP contribution in [0.4, 0.5) is 4.39 Å². The first-order valence-electron chi connectivity index (χ1n) is 6.62. The van der Waals surface area contributed by atoms with Gasteiger partial charge in [0.25, 0.3) is 0 Å². The number of carbonyl (C=O) groups is 1. The molecule has 9 heteroatoms. The van der Waals surface area contributed by atoms with Crippen molar-refractivity contribution in [3.8, 4) is 0 Å². The molecule has 0 saturated heterocycles. The fourth-order valence-electron chi connectivity index (χ4n) is 2.20. The van der Waals surface area contributed by atoms with Gasteiger partial charge in [0, 0.05) is 11.5 Å². The molecule has 2 N–H and O–H groups in total. The van der Waals surface area contributed by atoms with Crippen molar-refractivity contribution in [3.63, 3.8) is 0 Å². The Balaban J connectivity index is 2.55. The highest BCUT2D eigenvalue weighted by atomic mass is 79.9. The molecule has 0 heterocycles. The van der Waals surface area contributed by atoms with E-state index in [4.69, 9.17) is 17.3 Å². The summed E-state index contributed by atoms with van der Waals surface area (Å²) in [6, 6.07) is 7.97. The molecule has 0 aromatic heterocycles. The van der Waals surface area contributed by atoms with E-state index in [-0.39, 0.29) is 15.5 Å². The van der Waals surface area contributed by atoms with E-state index in [1.165, 1.54) is 37.4 Å². The van der Waals surface area contributed by atoms with Crippen molar-refractivity contribution in [2.75, 3.05) is 7.05 Å². The fourth-order valence-corrected chi connectivity index (χ4v) is 4.53. The lowest BCUT2D eigenvalue weighted by atomic mass is 10.1. The second-order valence-corrected chi connectivity index (χ2v) is 8.24. The molecule has 0 saturated carbocycles. The average Bonchev–Trinajstić information content (AvgIpc) is 2.49. The Morgan fingerprint density at radius 3 is 2.54 bits per heavy atom. The third kappa shape index (κ3) is 3.77. The molecule has 2 rings (SSSR count). The SMILES string of the molecule is CN(C(C(N)=O)c1cccc(F)c1)S(=O)(=O)c1cc(Br)ccc1Cl. The van der Waals surface area contributed by atoms with E-state index in [0.717, 1.165) is 10.4 Å². The maximum absolute atomic E-state index is 13.4. The highest BCUT2D eigenvalue weighted by Gasteiger charge is 2.34. The molecule has 128 valence electrons. The molecular weight excluding hydrogens is 423 g/mol. The van der Waals surface area contributed by atoms with Gasteiger partial charge < -0.3 is 5.73 Å². The lowest BCUT2D eigenvalue weighted by Crippen LogP contribution is -2.39. The molecular formula is C15H13BrClFN2O3S. The summed E-state index contributed by atoms with van der Waals surface area (Å²) < 4.78 is 40.4. The summed E-state index contributed by atoms with van der Waals surface area (Å²) >= 11 is 9.15. The van der Waals surface area contributed by atoms with Gasteiger partial charge in [-0.3, -0.25) is 4.79 Å². The molecule has 1 unspecified atom stereocenters. The minimum absolute atomic E-state index is 0.00693. The van der Waals surface area contributed by atoms with Gasteiger partial charge in [0.05, 0.1) is 5.02 Å². The van der Waals surface area contributed by atoms with E-state index in [2.05, 4.69) is 15.9 Å². The van der Waals surface area contributed by atoms with Crippen LogP contribution in [-0.2, 0) is 14.8 Å². The number of nitrogens with zero attached hydrogens (tertiary/aromatic N) is 1. The number of sulfonamides is 1. The van der Waals surface area contributed by atoms with Crippen molar-refractivity contribution in [3.05, 3.63) is 63.3 Å². The van der Waals surface area contributed by atoms with Crippen molar-refractivity contribution in [2.24, 2.45) is 5.73 Å². The third-order valence-corrected chi connectivity index (χ3v) is 6.15. The van der Waals surface area contributed by atoms with Crippen LogP contribution >= 0.6 is 27.5 Å². The van der Waals surface area contributed by atoms with Gasteiger partial charge in [-0.05, 0) is 35.9 Å². The number of likely N-dealkylation sites (N-methyl/N-ethyl adjacent to an activating group) is 1. The second-order valence-electron chi connectivity index (χ2n) is 4.96. The van der Waals surface area contributed by atoms with E-state index in [9.17, 15) is 17.6 Å². The van der Waals surface area contributed by atoms with Crippen LogP contribution in [-0.4, -0.2) is 25.7 Å². The lowest BCUT2D eigenvalue weighted by molar-refractivity contribution is -0.121. The van der Waals surface area contributed by atoms with Crippen molar-refractivity contribution < 1.29 is 17.6 Å². The Bertz CT molecular complexity index is 892. The van der Waals surface area contributed by atoms with Crippen LogP contribution in [0.15, 0.2) is 51.8 Å². The smallest absolute Gasteiger partial charge is 0.245 e. The zero-order chi connectivity index (χ0) is 18.1. The monoisotopic (exact) mass is 434 g/mol. The van der Waals surface area contributed by atoms with Crippen molar-refractivity contribution in [2.45, 2.75) is 10.9 Å². The first kappa shape index (κ1) is 18.9. The number of benzene rings is 2. The molecule has 1 amide bonds. The molecule has 0 bridgehead atoms. The maximum Gasteiger partial charge on any atom is 0.245 e. The Morgan fingerprint density at radius 1 is 1.29 bits per heavy atom. The summed E-state index contributed by atoms with van der Waals surface area (Å²) in [7, 11) is -2.96. The van der Waals surface area contributed by atoms with Crippen LogP contribution in [0.3, 0.4) is 0 Å². The first-order valence-corrected chi connectivity index (χ1v) is 9.23. The molecule has 1 atom stereocenters. The highest BCUT2D eigenvalue weighted by Crippen LogP contribution is 2.31. The van der Waals surface area contributed by atoms with Gasteiger partial charge >= 0.3 is 0 Å². The predicted octanol–water partition coefficient (Wildman–Crippen LogP) is 3.09. The number of nitrogens with two attached hydrogens (primary N) is 1. The topological polar surface area (TPSA) is 80.5 Å². The van der Waals surface area contributed by atoms with E-state index in [0.29, 0.717) is 4.47 Å². The van der Waals surface area contributed by atoms with E-state index >= 15 is 0 Å². The summed E-state index contributed by atoms with van der Waals surface area (Å²) in [5.41, 5.74) is 5.48. The van der Waals surface area contributed by atoms with Gasteiger partial charge in [-0.1, -0.05) is 39.7 Å². The Labute approximate surface area is 152 Å². The van der Waals surface area contributed by atoms with Gasteiger partial charge in [0.1, 0.15) is 16.8 Å². The molecule has 0 aliphatic carbocycles. The zero-order valence-corrected chi connectivity index (χ0v) is 15.6. The van der Waals surface area contributed by atoms with Gasteiger partial charge in [-0.25, -0.2) is 12.8 Å². The van der Waals surface area contributed by atoms with E-state index in [1.807, 2.05) is 0 Å². The molecule has 2 aromatic rings. The van der Waals surface area contributed by atoms with E-state index in [1.54, 1.807) is 6.07 Å². The van der Waals surface area contributed by atoms with Gasteiger partial charge in [0.15, 0.2) is 0 Å². The third-order valence-electron chi connectivity index (χ3n) is 3.35. The second kappa shape index (κ2) is 7.18. The molecule has 0 aliphatic rings. The normalized spacial score (nSPS) is 13.0. The molecule has 24 heavy (non-hydrogen) atoms. The number of carbonyl (C=O) groups excluding carboxylic acids is 1. The summed E-state index contributed by atoms with van der Waals surface area (Å²) in [6.07, 6.45) is 0. The number of primary amides is 1. The van der Waals surface area contributed by atoms with Crippen LogP contribution in [0.2, 0.25) is 5.02 Å². The lowest BCUT2D eigenvalue weighted by Gasteiger charge is -2.26. The summed E-state index contributed by atoms with van der Waals surface area (Å²) in [4.78, 5) is 11.6. The van der Waals surface area contributed by atoms with Crippen LogP contribution in [0.1, 0.15) is 11.6 Å². The van der Waals surface area contributed by atoms with Gasteiger partial charge in [0.2, 0.25) is 15.9 Å². The molecule has 0 radical (unpaired) electrons. The Hall–Kier alpha value is -1.48. The van der Waals surface area contributed by atoms with Crippen LogP contribution in [0.25, 0.3) is 0 Å². The summed E-state index contributed by atoms with van der Waals surface area (Å²) in [6.45, 7) is 0. The molecule has 2 aromatic carbocycles. The number of halogens is 3. The highest BCUT2D eigenvalue weighted by molar-refractivity contribution is 9.10. The van der Waals surface area contributed by atoms with Crippen LogP contribution in [0, 0.1) is 5.82 Å². The number of hydrogen-bond donors (Lipinski definition) is 1.